The lowest BCUT2D eigenvalue weighted by atomic mass is 10.2. The Morgan fingerprint density at radius 3 is 2.83 bits per heavy atom. The summed E-state index contributed by atoms with van der Waals surface area (Å²) in [6.07, 6.45) is 0.277. The van der Waals surface area contributed by atoms with Crippen LogP contribution >= 0.6 is 11.6 Å². The van der Waals surface area contributed by atoms with Crippen LogP contribution in [-0.4, -0.2) is 43.2 Å². The summed E-state index contributed by atoms with van der Waals surface area (Å²) < 4.78 is 6.76. The number of rotatable bonds is 8. The lowest BCUT2D eigenvalue weighted by molar-refractivity contribution is -0.142. The van der Waals surface area contributed by atoms with Crippen LogP contribution in [0.4, 0.5) is 0 Å². The van der Waals surface area contributed by atoms with Crippen molar-refractivity contribution in [1.82, 2.24) is 25.5 Å². The highest BCUT2D eigenvalue weighted by atomic mass is 35.5. The van der Waals surface area contributed by atoms with Crippen molar-refractivity contribution in [2.45, 2.75) is 32.5 Å². The molecule has 2 aromatic rings. The number of aliphatic carboxylic acids is 1. The molecule has 9 nitrogen and oxygen atoms in total. The summed E-state index contributed by atoms with van der Waals surface area (Å²) in [7, 11) is 0. The fourth-order valence-corrected chi connectivity index (χ4v) is 2.06. The zero-order valence-corrected chi connectivity index (χ0v) is 13.6. The zero-order chi connectivity index (χ0) is 17.5. The predicted octanol–water partition coefficient (Wildman–Crippen LogP) is 0.885. The van der Waals surface area contributed by atoms with Crippen molar-refractivity contribution in [3.63, 3.8) is 0 Å². The molecule has 128 valence electrons. The van der Waals surface area contributed by atoms with Crippen molar-refractivity contribution in [1.29, 1.82) is 0 Å². The molecule has 0 saturated carbocycles. The number of aromatic nitrogens is 4. The summed E-state index contributed by atoms with van der Waals surface area (Å²) in [6, 6.07) is 5.98. The first-order chi connectivity index (χ1) is 11.5. The van der Waals surface area contributed by atoms with Crippen LogP contribution in [0.5, 0.6) is 5.75 Å². The number of tetrazole rings is 1. The van der Waals surface area contributed by atoms with Crippen LogP contribution < -0.4 is 10.1 Å². The van der Waals surface area contributed by atoms with Gasteiger partial charge in [-0.05, 0) is 29.0 Å². The number of ether oxygens (including phenoxy) is 1. The Morgan fingerprint density at radius 1 is 1.42 bits per heavy atom. The Bertz CT molecular complexity index is 721. The Labute approximate surface area is 142 Å². The number of nitrogens with zero attached hydrogens (tertiary/aromatic N) is 4. The second kappa shape index (κ2) is 8.25. The first kappa shape index (κ1) is 17.7. The lowest BCUT2D eigenvalue weighted by Crippen LogP contribution is -2.42. The number of carboxylic acid groups (broad SMARTS) is 1. The van der Waals surface area contributed by atoms with Gasteiger partial charge in [-0.15, -0.1) is 5.10 Å². The largest absolute Gasteiger partial charge is 0.484 e. The smallest absolute Gasteiger partial charge is 0.326 e. The number of benzene rings is 1. The van der Waals surface area contributed by atoms with Crippen LogP contribution in [-0.2, 0) is 22.7 Å². The zero-order valence-electron chi connectivity index (χ0n) is 12.8. The van der Waals surface area contributed by atoms with Gasteiger partial charge in [-0.3, -0.25) is 4.79 Å². The average Bonchev–Trinajstić information content (AvgIpc) is 2.98. The molecule has 2 N–H and O–H groups in total. The minimum atomic E-state index is -1.09. The van der Waals surface area contributed by atoms with Gasteiger partial charge < -0.3 is 15.2 Å². The topological polar surface area (TPSA) is 119 Å². The Hall–Kier alpha value is -2.68. The van der Waals surface area contributed by atoms with Crippen LogP contribution in [0.2, 0.25) is 5.02 Å². The molecule has 0 saturated heterocycles. The Kier molecular flexibility index (Phi) is 6.07. The van der Waals surface area contributed by atoms with Crippen LogP contribution in [0.15, 0.2) is 24.3 Å². The second-order valence-electron chi connectivity index (χ2n) is 4.84. The molecule has 24 heavy (non-hydrogen) atoms. The predicted molar refractivity (Wildman–Crippen MR) is 83.5 cm³/mol. The van der Waals surface area contributed by atoms with Gasteiger partial charge in [0.05, 0.1) is 5.02 Å². The number of para-hydroxylation sites is 1. The van der Waals surface area contributed by atoms with Crippen molar-refractivity contribution < 1.29 is 19.4 Å². The molecule has 1 amide bonds. The standard InChI is InChI=1S/C14H16ClN5O4/c1-2-10(14(22)23)16-13(21)7-20-12(17-18-19-20)8-24-11-6-4-3-5-9(11)15/h3-6,10H,2,7-8H2,1H3,(H,16,21)(H,22,23). The van der Waals surface area contributed by atoms with Gasteiger partial charge in [0.2, 0.25) is 5.91 Å². The first-order valence-corrected chi connectivity index (χ1v) is 7.53. The summed E-state index contributed by atoms with van der Waals surface area (Å²) >= 11 is 5.99. The number of carboxylic acids is 1. The number of amides is 1. The van der Waals surface area contributed by atoms with Gasteiger partial charge in [0.1, 0.15) is 24.9 Å². The molecule has 1 atom stereocenters. The maximum absolute atomic E-state index is 11.9. The molecule has 0 aliphatic rings. The van der Waals surface area contributed by atoms with Crippen LogP contribution in [0.3, 0.4) is 0 Å². The van der Waals surface area contributed by atoms with Gasteiger partial charge >= 0.3 is 5.97 Å². The maximum atomic E-state index is 11.9. The van der Waals surface area contributed by atoms with Crippen molar-refractivity contribution in [3.8, 4) is 5.75 Å². The summed E-state index contributed by atoms with van der Waals surface area (Å²) in [5, 5.41) is 22.8. The molecule has 2 rings (SSSR count). The van der Waals surface area contributed by atoms with E-state index in [1.54, 1.807) is 31.2 Å². The molecule has 1 aromatic heterocycles. The Morgan fingerprint density at radius 2 is 2.17 bits per heavy atom. The van der Waals surface area contributed by atoms with E-state index in [-0.39, 0.29) is 19.6 Å². The Balaban J connectivity index is 1.96. The summed E-state index contributed by atoms with van der Waals surface area (Å²) in [4.78, 5) is 22.8. The number of nitrogens with one attached hydrogen (secondary N) is 1. The average molecular weight is 354 g/mol. The fourth-order valence-electron chi connectivity index (χ4n) is 1.87. The van der Waals surface area contributed by atoms with Crippen LogP contribution in [0.1, 0.15) is 19.2 Å². The van der Waals surface area contributed by atoms with Gasteiger partial charge in [-0.2, -0.15) is 0 Å². The number of hydrogen-bond acceptors (Lipinski definition) is 6. The van der Waals surface area contributed by atoms with Gasteiger partial charge in [0.25, 0.3) is 0 Å². The summed E-state index contributed by atoms with van der Waals surface area (Å²) in [5.41, 5.74) is 0. The maximum Gasteiger partial charge on any atom is 0.326 e. The van der Waals surface area contributed by atoms with Crippen LogP contribution in [0, 0.1) is 0 Å². The molecule has 1 unspecified atom stereocenters. The van der Waals surface area contributed by atoms with E-state index in [1.807, 2.05) is 0 Å². The van der Waals surface area contributed by atoms with E-state index in [0.29, 0.717) is 16.6 Å². The molecular weight excluding hydrogens is 338 g/mol. The molecule has 0 aliphatic carbocycles. The quantitative estimate of drug-likeness (QED) is 0.723. The molecule has 0 spiro atoms. The molecule has 1 aromatic carbocycles. The first-order valence-electron chi connectivity index (χ1n) is 7.15. The van der Waals surface area contributed by atoms with Gasteiger partial charge in [0, 0.05) is 0 Å². The van der Waals surface area contributed by atoms with E-state index >= 15 is 0 Å². The number of halogens is 1. The summed E-state index contributed by atoms with van der Waals surface area (Å²) in [5.74, 6) is -0.816. The fraction of sp³-hybridized carbons (Fsp3) is 0.357. The second-order valence-corrected chi connectivity index (χ2v) is 5.25. The van der Waals surface area contributed by atoms with Gasteiger partial charge in [-0.25, -0.2) is 9.48 Å². The molecule has 0 bridgehead atoms. The van der Waals surface area contributed by atoms with E-state index in [0.717, 1.165) is 0 Å². The van der Waals surface area contributed by atoms with Gasteiger partial charge in [-0.1, -0.05) is 30.7 Å². The molecular formula is C14H16ClN5O4. The highest BCUT2D eigenvalue weighted by Gasteiger charge is 2.19. The van der Waals surface area contributed by atoms with Gasteiger partial charge in [0.15, 0.2) is 5.82 Å². The van der Waals surface area contributed by atoms with Crippen molar-refractivity contribution >= 4 is 23.5 Å². The minimum absolute atomic E-state index is 0.0140. The van der Waals surface area contributed by atoms with E-state index in [2.05, 4.69) is 20.8 Å². The van der Waals surface area contributed by atoms with Crippen molar-refractivity contribution in [3.05, 3.63) is 35.1 Å². The number of carbonyl (C=O) groups is 2. The monoisotopic (exact) mass is 353 g/mol. The van der Waals surface area contributed by atoms with E-state index in [1.165, 1.54) is 4.68 Å². The van der Waals surface area contributed by atoms with E-state index < -0.39 is 17.9 Å². The third-order valence-corrected chi connectivity index (χ3v) is 3.45. The summed E-state index contributed by atoms with van der Waals surface area (Å²) in [6.45, 7) is 1.47. The molecule has 0 aliphatic heterocycles. The number of hydrogen-bond donors (Lipinski definition) is 2. The van der Waals surface area contributed by atoms with Crippen molar-refractivity contribution in [2.24, 2.45) is 0 Å². The van der Waals surface area contributed by atoms with E-state index in [4.69, 9.17) is 21.4 Å². The highest BCUT2D eigenvalue weighted by molar-refractivity contribution is 6.32. The highest BCUT2D eigenvalue weighted by Crippen LogP contribution is 2.23. The SMILES string of the molecule is CCC(NC(=O)Cn1nnnc1COc1ccccc1Cl)C(=O)O. The normalized spacial score (nSPS) is 11.8. The number of carbonyl (C=O) groups excluding carboxylic acids is 1. The van der Waals surface area contributed by atoms with Crippen LogP contribution in [0.25, 0.3) is 0 Å². The third-order valence-electron chi connectivity index (χ3n) is 3.13. The third kappa shape index (κ3) is 4.66. The molecule has 1 heterocycles. The minimum Gasteiger partial charge on any atom is -0.484 e. The molecule has 0 radical (unpaired) electrons. The molecule has 0 fully saturated rings. The molecule has 10 heteroatoms. The lowest BCUT2D eigenvalue weighted by Gasteiger charge is -2.12. The van der Waals surface area contributed by atoms with E-state index in [9.17, 15) is 9.59 Å². The van der Waals surface area contributed by atoms with Crippen molar-refractivity contribution in [2.75, 3.05) is 0 Å².